The maximum atomic E-state index is 12.4. The van der Waals surface area contributed by atoms with E-state index in [1.165, 1.54) is 0 Å². The van der Waals surface area contributed by atoms with Gasteiger partial charge in [0.1, 0.15) is 11.4 Å². The van der Waals surface area contributed by atoms with Crippen LogP contribution in [-0.2, 0) is 11.3 Å². The number of fused-ring (bicyclic) bond motifs is 1. The first-order chi connectivity index (χ1) is 10.9. The molecule has 1 heterocycles. The lowest BCUT2D eigenvalue weighted by molar-refractivity contribution is -0.147. The lowest BCUT2D eigenvalue weighted by Crippen LogP contribution is -2.51. The quantitative estimate of drug-likeness (QED) is 0.891. The minimum Gasteiger partial charge on any atom is -0.380 e. The SMILES string of the molecule is CC(C)n1c(CNC(=O)C(C)(O)C2CCC2)nc2ccccc21. The predicted molar refractivity (Wildman–Crippen MR) is 89.9 cm³/mol. The van der Waals surface area contributed by atoms with Gasteiger partial charge in [-0.2, -0.15) is 0 Å². The summed E-state index contributed by atoms with van der Waals surface area (Å²) < 4.78 is 2.13. The van der Waals surface area contributed by atoms with Crippen molar-refractivity contribution in [3.05, 3.63) is 30.1 Å². The number of carbonyl (C=O) groups excluding carboxylic acids is 1. The van der Waals surface area contributed by atoms with E-state index in [0.29, 0.717) is 6.54 Å². The Morgan fingerprint density at radius 2 is 2.13 bits per heavy atom. The molecule has 1 aliphatic rings. The molecule has 1 fully saturated rings. The zero-order valence-electron chi connectivity index (χ0n) is 14.0. The summed E-state index contributed by atoms with van der Waals surface area (Å²) in [5, 5.41) is 13.3. The number of aliphatic hydroxyl groups is 1. The van der Waals surface area contributed by atoms with E-state index in [-0.39, 0.29) is 17.9 Å². The van der Waals surface area contributed by atoms with Crippen molar-refractivity contribution in [1.29, 1.82) is 0 Å². The van der Waals surface area contributed by atoms with Crippen LogP contribution in [-0.4, -0.2) is 26.2 Å². The average molecular weight is 315 g/mol. The van der Waals surface area contributed by atoms with Crippen molar-refractivity contribution < 1.29 is 9.90 Å². The second-order valence-corrected chi connectivity index (χ2v) is 6.94. The number of nitrogens with one attached hydrogen (secondary N) is 1. The Labute approximate surface area is 136 Å². The number of hydrogen-bond donors (Lipinski definition) is 2. The summed E-state index contributed by atoms with van der Waals surface area (Å²) in [5.74, 6) is 0.593. The van der Waals surface area contributed by atoms with Gasteiger partial charge in [-0.15, -0.1) is 0 Å². The van der Waals surface area contributed by atoms with Crippen LogP contribution in [0.5, 0.6) is 0 Å². The van der Waals surface area contributed by atoms with Crippen molar-refractivity contribution in [1.82, 2.24) is 14.9 Å². The first kappa shape index (κ1) is 16.0. The predicted octanol–water partition coefficient (Wildman–Crippen LogP) is 2.78. The van der Waals surface area contributed by atoms with Crippen LogP contribution in [0.2, 0.25) is 0 Å². The second kappa shape index (κ2) is 5.96. The van der Waals surface area contributed by atoms with Crippen molar-refractivity contribution in [3.63, 3.8) is 0 Å². The molecule has 2 N–H and O–H groups in total. The number of amides is 1. The molecule has 1 amide bonds. The minimum atomic E-state index is -1.28. The van der Waals surface area contributed by atoms with Gasteiger partial charge in [-0.3, -0.25) is 4.79 Å². The van der Waals surface area contributed by atoms with E-state index in [1.54, 1.807) is 6.92 Å². The van der Waals surface area contributed by atoms with Gasteiger partial charge in [-0.25, -0.2) is 4.98 Å². The Kier molecular flexibility index (Phi) is 4.15. The van der Waals surface area contributed by atoms with Crippen LogP contribution in [0.1, 0.15) is 51.9 Å². The van der Waals surface area contributed by atoms with Gasteiger partial charge in [0.25, 0.3) is 5.91 Å². The molecule has 1 aromatic carbocycles. The molecule has 124 valence electrons. The molecule has 23 heavy (non-hydrogen) atoms. The first-order valence-corrected chi connectivity index (χ1v) is 8.37. The third kappa shape index (κ3) is 2.85. The Morgan fingerprint density at radius 3 is 2.74 bits per heavy atom. The van der Waals surface area contributed by atoms with Gasteiger partial charge in [-0.1, -0.05) is 18.6 Å². The van der Waals surface area contributed by atoms with Gasteiger partial charge in [0, 0.05) is 6.04 Å². The monoisotopic (exact) mass is 315 g/mol. The second-order valence-electron chi connectivity index (χ2n) is 6.94. The van der Waals surface area contributed by atoms with Crippen LogP contribution < -0.4 is 5.32 Å². The molecule has 1 aliphatic carbocycles. The van der Waals surface area contributed by atoms with Gasteiger partial charge in [-0.05, 0) is 51.7 Å². The van der Waals surface area contributed by atoms with E-state index >= 15 is 0 Å². The summed E-state index contributed by atoms with van der Waals surface area (Å²) >= 11 is 0. The number of para-hydroxylation sites is 2. The fraction of sp³-hybridized carbons (Fsp3) is 0.556. The van der Waals surface area contributed by atoms with E-state index in [1.807, 2.05) is 24.3 Å². The molecule has 0 aliphatic heterocycles. The van der Waals surface area contributed by atoms with Gasteiger partial charge in [0.15, 0.2) is 0 Å². The Bertz CT molecular complexity index is 714. The van der Waals surface area contributed by atoms with Crippen molar-refractivity contribution >= 4 is 16.9 Å². The van der Waals surface area contributed by atoms with Crippen LogP contribution >= 0.6 is 0 Å². The van der Waals surface area contributed by atoms with Crippen LogP contribution in [0.15, 0.2) is 24.3 Å². The zero-order valence-corrected chi connectivity index (χ0v) is 14.0. The van der Waals surface area contributed by atoms with Crippen molar-refractivity contribution in [2.75, 3.05) is 0 Å². The first-order valence-electron chi connectivity index (χ1n) is 8.37. The maximum Gasteiger partial charge on any atom is 0.252 e. The number of benzene rings is 1. The molecule has 5 heteroatoms. The molecular formula is C18H25N3O2. The van der Waals surface area contributed by atoms with Gasteiger partial charge >= 0.3 is 0 Å². The highest BCUT2D eigenvalue weighted by Crippen LogP contribution is 2.36. The van der Waals surface area contributed by atoms with Crippen LogP contribution in [0.25, 0.3) is 11.0 Å². The molecule has 3 rings (SSSR count). The lowest BCUT2D eigenvalue weighted by atomic mass is 9.73. The van der Waals surface area contributed by atoms with Gasteiger partial charge in [0.05, 0.1) is 17.6 Å². The summed E-state index contributed by atoms with van der Waals surface area (Å²) in [6, 6.07) is 8.22. The zero-order chi connectivity index (χ0) is 16.6. The van der Waals surface area contributed by atoms with Crippen LogP contribution in [0.3, 0.4) is 0 Å². The molecule has 0 bridgehead atoms. The van der Waals surface area contributed by atoms with Crippen molar-refractivity contribution in [3.8, 4) is 0 Å². The fourth-order valence-electron chi connectivity index (χ4n) is 3.29. The summed E-state index contributed by atoms with van der Waals surface area (Å²) in [4.78, 5) is 17.0. The number of rotatable bonds is 5. The molecule has 0 saturated heterocycles. The Balaban J connectivity index is 1.79. The number of imidazole rings is 1. The van der Waals surface area contributed by atoms with Crippen LogP contribution in [0, 0.1) is 5.92 Å². The van der Waals surface area contributed by atoms with Crippen LogP contribution in [0.4, 0.5) is 0 Å². The highest BCUT2D eigenvalue weighted by molar-refractivity contribution is 5.85. The molecule has 1 saturated carbocycles. The molecule has 1 unspecified atom stereocenters. The van der Waals surface area contributed by atoms with Gasteiger partial charge in [0.2, 0.25) is 0 Å². The molecular weight excluding hydrogens is 290 g/mol. The molecule has 2 aromatic rings. The smallest absolute Gasteiger partial charge is 0.252 e. The maximum absolute atomic E-state index is 12.4. The molecule has 0 radical (unpaired) electrons. The van der Waals surface area contributed by atoms with E-state index < -0.39 is 5.60 Å². The van der Waals surface area contributed by atoms with Gasteiger partial charge < -0.3 is 15.0 Å². The number of nitrogens with zero attached hydrogens (tertiary/aromatic N) is 2. The van der Waals surface area contributed by atoms with E-state index in [9.17, 15) is 9.90 Å². The lowest BCUT2D eigenvalue weighted by Gasteiger charge is -2.37. The van der Waals surface area contributed by atoms with Crippen molar-refractivity contribution in [2.45, 2.75) is 58.2 Å². The fourth-order valence-corrected chi connectivity index (χ4v) is 3.29. The standard InChI is InChI=1S/C18H25N3O2/c1-12(2)21-15-10-5-4-9-14(15)20-16(21)11-19-17(22)18(3,23)13-7-6-8-13/h4-5,9-10,12-13,23H,6-8,11H2,1-3H3,(H,19,22). The minimum absolute atomic E-state index is 0.0754. The molecule has 1 aromatic heterocycles. The summed E-state index contributed by atoms with van der Waals surface area (Å²) in [6.07, 6.45) is 2.94. The van der Waals surface area contributed by atoms with Crippen molar-refractivity contribution in [2.24, 2.45) is 5.92 Å². The summed E-state index contributed by atoms with van der Waals surface area (Å²) in [5.41, 5.74) is 0.709. The summed E-state index contributed by atoms with van der Waals surface area (Å²) in [7, 11) is 0. The molecule has 5 nitrogen and oxygen atoms in total. The topological polar surface area (TPSA) is 67.2 Å². The average Bonchev–Trinajstić information content (AvgIpc) is 2.80. The molecule has 1 atom stereocenters. The molecule has 0 spiro atoms. The highest BCUT2D eigenvalue weighted by Gasteiger charge is 2.42. The van der Waals surface area contributed by atoms with E-state index in [0.717, 1.165) is 36.1 Å². The van der Waals surface area contributed by atoms with E-state index in [2.05, 4.69) is 28.7 Å². The summed E-state index contributed by atoms with van der Waals surface area (Å²) in [6.45, 7) is 6.15. The van der Waals surface area contributed by atoms with E-state index in [4.69, 9.17) is 0 Å². The largest absolute Gasteiger partial charge is 0.380 e. The highest BCUT2D eigenvalue weighted by atomic mass is 16.3. The Morgan fingerprint density at radius 1 is 1.43 bits per heavy atom. The Hall–Kier alpha value is -1.88. The number of carbonyl (C=O) groups is 1. The third-order valence-corrected chi connectivity index (χ3v) is 4.95. The number of aromatic nitrogens is 2. The number of hydrogen-bond acceptors (Lipinski definition) is 3. The normalized spacial score (nSPS) is 18.0. The third-order valence-electron chi connectivity index (χ3n) is 4.95.